The SMILES string of the molecule is CC(O)c1cccc(NC(=O)NCCc2cscn2)c1. The van der Waals surface area contributed by atoms with E-state index in [0.717, 1.165) is 11.3 Å². The van der Waals surface area contributed by atoms with Crippen LogP contribution in [0.5, 0.6) is 0 Å². The molecule has 2 aromatic rings. The summed E-state index contributed by atoms with van der Waals surface area (Å²) in [7, 11) is 0. The highest BCUT2D eigenvalue weighted by Crippen LogP contribution is 2.16. The van der Waals surface area contributed by atoms with E-state index in [4.69, 9.17) is 0 Å². The maximum Gasteiger partial charge on any atom is 0.319 e. The Morgan fingerprint density at radius 1 is 1.50 bits per heavy atom. The Morgan fingerprint density at radius 2 is 2.35 bits per heavy atom. The van der Waals surface area contributed by atoms with Gasteiger partial charge in [0.2, 0.25) is 0 Å². The normalized spacial score (nSPS) is 11.9. The number of thiazole rings is 1. The number of rotatable bonds is 5. The van der Waals surface area contributed by atoms with Crippen LogP contribution in [0.2, 0.25) is 0 Å². The third-order valence-electron chi connectivity index (χ3n) is 2.78. The van der Waals surface area contributed by atoms with Crippen LogP contribution in [0.15, 0.2) is 35.2 Å². The molecule has 0 aliphatic rings. The van der Waals surface area contributed by atoms with Gasteiger partial charge >= 0.3 is 6.03 Å². The summed E-state index contributed by atoms with van der Waals surface area (Å²) in [6.07, 6.45) is 0.162. The summed E-state index contributed by atoms with van der Waals surface area (Å²) in [5, 5.41) is 17.0. The smallest absolute Gasteiger partial charge is 0.319 e. The average Bonchev–Trinajstić information content (AvgIpc) is 2.92. The van der Waals surface area contributed by atoms with Crippen molar-refractivity contribution in [2.45, 2.75) is 19.4 Å². The van der Waals surface area contributed by atoms with Crippen LogP contribution in [0, 0.1) is 0 Å². The lowest BCUT2D eigenvalue weighted by molar-refractivity contribution is 0.199. The van der Waals surface area contributed by atoms with Crippen molar-refractivity contribution < 1.29 is 9.90 Å². The van der Waals surface area contributed by atoms with Crippen LogP contribution in [-0.2, 0) is 6.42 Å². The minimum absolute atomic E-state index is 0.261. The number of aromatic nitrogens is 1. The molecule has 2 rings (SSSR count). The number of carbonyl (C=O) groups is 1. The van der Waals surface area contributed by atoms with Crippen molar-refractivity contribution in [2.75, 3.05) is 11.9 Å². The first kappa shape index (κ1) is 14.5. The molecule has 5 nitrogen and oxygen atoms in total. The maximum atomic E-state index is 11.7. The first-order valence-corrected chi connectivity index (χ1v) is 7.29. The van der Waals surface area contributed by atoms with E-state index in [0.29, 0.717) is 18.7 Å². The third-order valence-corrected chi connectivity index (χ3v) is 3.41. The number of hydrogen-bond acceptors (Lipinski definition) is 4. The van der Waals surface area contributed by atoms with Gasteiger partial charge in [0.1, 0.15) is 0 Å². The lowest BCUT2D eigenvalue weighted by atomic mass is 10.1. The van der Waals surface area contributed by atoms with Crippen molar-refractivity contribution >= 4 is 23.1 Å². The van der Waals surface area contributed by atoms with Gasteiger partial charge in [0.05, 0.1) is 17.3 Å². The fourth-order valence-corrected chi connectivity index (χ4v) is 2.31. The van der Waals surface area contributed by atoms with Gasteiger partial charge in [-0.15, -0.1) is 11.3 Å². The van der Waals surface area contributed by atoms with E-state index in [1.807, 2.05) is 11.4 Å². The van der Waals surface area contributed by atoms with Gasteiger partial charge in [0, 0.05) is 24.0 Å². The van der Waals surface area contributed by atoms with Gasteiger partial charge in [-0.2, -0.15) is 0 Å². The second kappa shape index (κ2) is 7.02. The van der Waals surface area contributed by atoms with E-state index in [9.17, 15) is 9.90 Å². The number of hydrogen-bond donors (Lipinski definition) is 3. The van der Waals surface area contributed by atoms with Crippen LogP contribution in [0.25, 0.3) is 0 Å². The third kappa shape index (κ3) is 4.32. The number of aliphatic hydroxyl groups excluding tert-OH is 1. The fraction of sp³-hybridized carbons (Fsp3) is 0.286. The van der Waals surface area contributed by atoms with Gasteiger partial charge in [-0.1, -0.05) is 12.1 Å². The predicted molar refractivity (Wildman–Crippen MR) is 79.9 cm³/mol. The van der Waals surface area contributed by atoms with Gasteiger partial charge < -0.3 is 15.7 Å². The van der Waals surface area contributed by atoms with E-state index in [-0.39, 0.29) is 6.03 Å². The summed E-state index contributed by atoms with van der Waals surface area (Å²) in [6.45, 7) is 2.22. The zero-order valence-electron chi connectivity index (χ0n) is 11.2. The predicted octanol–water partition coefficient (Wildman–Crippen LogP) is 2.56. The van der Waals surface area contributed by atoms with Gasteiger partial charge in [-0.05, 0) is 24.6 Å². The van der Waals surface area contributed by atoms with E-state index in [2.05, 4.69) is 15.6 Å². The molecule has 20 heavy (non-hydrogen) atoms. The lowest BCUT2D eigenvalue weighted by Gasteiger charge is -2.10. The highest BCUT2D eigenvalue weighted by Gasteiger charge is 2.05. The standard InChI is InChI=1S/C14H17N3O2S/c1-10(18)11-3-2-4-12(7-11)17-14(19)15-6-5-13-8-20-9-16-13/h2-4,7-10,18H,5-6H2,1H3,(H2,15,17,19). The molecule has 0 saturated heterocycles. The van der Waals surface area contributed by atoms with Gasteiger partial charge in [0.25, 0.3) is 0 Å². The Bertz CT molecular complexity index is 555. The fourth-order valence-electron chi connectivity index (χ4n) is 1.72. The van der Waals surface area contributed by atoms with E-state index < -0.39 is 6.10 Å². The number of benzene rings is 1. The molecule has 0 aliphatic heterocycles. The molecule has 3 N–H and O–H groups in total. The summed E-state index contributed by atoms with van der Waals surface area (Å²) in [5.74, 6) is 0. The Hall–Kier alpha value is -1.92. The topological polar surface area (TPSA) is 74.2 Å². The minimum atomic E-state index is -0.551. The molecular weight excluding hydrogens is 274 g/mol. The first-order chi connectivity index (χ1) is 9.65. The Kier molecular flexibility index (Phi) is 5.09. The van der Waals surface area contributed by atoms with Crippen LogP contribution in [0.3, 0.4) is 0 Å². The van der Waals surface area contributed by atoms with Gasteiger partial charge in [0.15, 0.2) is 0 Å². The van der Waals surface area contributed by atoms with Gasteiger partial charge in [-0.3, -0.25) is 0 Å². The van der Waals surface area contributed by atoms with Crippen LogP contribution in [0.4, 0.5) is 10.5 Å². The molecule has 1 unspecified atom stereocenters. The molecule has 0 fully saturated rings. The summed E-state index contributed by atoms with van der Waals surface area (Å²) in [4.78, 5) is 15.9. The largest absolute Gasteiger partial charge is 0.389 e. The Balaban J connectivity index is 1.80. The monoisotopic (exact) mass is 291 g/mol. The number of carbonyl (C=O) groups excluding carboxylic acids is 1. The van der Waals surface area contributed by atoms with Crippen LogP contribution >= 0.6 is 11.3 Å². The molecule has 2 amide bonds. The van der Waals surface area contributed by atoms with E-state index in [1.54, 1.807) is 42.0 Å². The summed E-state index contributed by atoms with van der Waals surface area (Å²) in [5.41, 5.74) is 4.18. The van der Waals surface area contributed by atoms with Crippen LogP contribution in [0.1, 0.15) is 24.3 Å². The Labute approximate surface area is 121 Å². The molecule has 0 radical (unpaired) electrons. The molecule has 0 bridgehead atoms. The number of anilines is 1. The van der Waals surface area contributed by atoms with Gasteiger partial charge in [-0.25, -0.2) is 9.78 Å². The summed E-state index contributed by atoms with van der Waals surface area (Å²) in [6, 6.07) is 6.89. The molecule has 106 valence electrons. The van der Waals surface area contributed by atoms with E-state index in [1.165, 1.54) is 0 Å². The molecular formula is C14H17N3O2S. The molecule has 0 spiro atoms. The molecule has 1 aromatic carbocycles. The first-order valence-electron chi connectivity index (χ1n) is 6.35. The lowest BCUT2D eigenvalue weighted by Crippen LogP contribution is -2.30. The van der Waals surface area contributed by atoms with E-state index >= 15 is 0 Å². The number of nitrogens with one attached hydrogen (secondary N) is 2. The molecule has 1 atom stereocenters. The number of urea groups is 1. The van der Waals surface area contributed by atoms with Crippen molar-refractivity contribution in [3.63, 3.8) is 0 Å². The molecule has 6 heteroatoms. The van der Waals surface area contributed by atoms with Crippen LogP contribution in [-0.4, -0.2) is 22.7 Å². The highest BCUT2D eigenvalue weighted by atomic mass is 32.1. The van der Waals surface area contributed by atoms with Crippen molar-refractivity contribution in [1.82, 2.24) is 10.3 Å². The van der Waals surface area contributed by atoms with Crippen molar-refractivity contribution in [3.8, 4) is 0 Å². The Morgan fingerprint density at radius 3 is 3.05 bits per heavy atom. The summed E-state index contributed by atoms with van der Waals surface area (Å²) < 4.78 is 0. The number of aliphatic hydroxyl groups is 1. The minimum Gasteiger partial charge on any atom is -0.389 e. The van der Waals surface area contributed by atoms with Crippen molar-refractivity contribution in [2.24, 2.45) is 0 Å². The van der Waals surface area contributed by atoms with Crippen LogP contribution < -0.4 is 10.6 Å². The highest BCUT2D eigenvalue weighted by molar-refractivity contribution is 7.07. The average molecular weight is 291 g/mol. The number of nitrogens with zero attached hydrogens (tertiary/aromatic N) is 1. The number of amides is 2. The zero-order chi connectivity index (χ0) is 14.4. The second-order valence-electron chi connectivity index (χ2n) is 4.41. The molecule has 1 heterocycles. The van der Waals surface area contributed by atoms with Crippen molar-refractivity contribution in [1.29, 1.82) is 0 Å². The summed E-state index contributed by atoms with van der Waals surface area (Å²) >= 11 is 1.54. The molecule has 0 saturated carbocycles. The second-order valence-corrected chi connectivity index (χ2v) is 5.13. The molecule has 0 aliphatic carbocycles. The molecule has 1 aromatic heterocycles. The zero-order valence-corrected chi connectivity index (χ0v) is 12.0. The quantitative estimate of drug-likeness (QED) is 0.792. The maximum absolute atomic E-state index is 11.7. The van der Waals surface area contributed by atoms with Crippen molar-refractivity contribution in [3.05, 3.63) is 46.4 Å².